The zero-order valence-corrected chi connectivity index (χ0v) is 23.5. The zero-order chi connectivity index (χ0) is 27.6. The van der Waals surface area contributed by atoms with Gasteiger partial charge in [-0.2, -0.15) is 0 Å². The van der Waals surface area contributed by atoms with E-state index in [1.165, 1.54) is 11.3 Å². The van der Waals surface area contributed by atoms with Crippen LogP contribution in [0.1, 0.15) is 34.3 Å². The van der Waals surface area contributed by atoms with Crippen LogP contribution in [0.3, 0.4) is 0 Å². The van der Waals surface area contributed by atoms with Crippen molar-refractivity contribution >= 4 is 23.0 Å². The SMILES string of the molecule is Clc1ccc2c(c1)C(c1ccccc1)=NCc1nnc(C(CN3CCN(c4ccccc4)CC3)c3ccccc3)n1-2. The zero-order valence-electron chi connectivity index (χ0n) is 22.8. The number of para-hydroxylation sites is 1. The summed E-state index contributed by atoms with van der Waals surface area (Å²) >= 11 is 6.56. The van der Waals surface area contributed by atoms with E-state index in [1.54, 1.807) is 0 Å². The fourth-order valence-electron chi connectivity index (χ4n) is 6.00. The molecule has 4 aromatic carbocycles. The van der Waals surface area contributed by atoms with E-state index in [4.69, 9.17) is 26.8 Å². The van der Waals surface area contributed by atoms with Crippen molar-refractivity contribution in [2.24, 2.45) is 4.99 Å². The van der Waals surface area contributed by atoms with Gasteiger partial charge in [-0.25, -0.2) is 0 Å². The average molecular weight is 559 g/mol. The number of fused-ring (bicyclic) bond motifs is 3. The lowest BCUT2D eigenvalue weighted by Crippen LogP contribution is -2.47. The number of benzene rings is 4. The smallest absolute Gasteiger partial charge is 0.159 e. The second kappa shape index (κ2) is 11.3. The second-order valence-electron chi connectivity index (χ2n) is 10.6. The van der Waals surface area contributed by atoms with Gasteiger partial charge in [0, 0.05) is 54.6 Å². The highest BCUT2D eigenvalue weighted by molar-refractivity contribution is 6.31. The van der Waals surface area contributed by atoms with E-state index in [1.807, 2.05) is 30.3 Å². The van der Waals surface area contributed by atoms with Crippen LogP contribution in [0.2, 0.25) is 5.02 Å². The van der Waals surface area contributed by atoms with E-state index in [0.29, 0.717) is 11.6 Å². The van der Waals surface area contributed by atoms with Crippen LogP contribution < -0.4 is 4.90 Å². The Labute approximate surface area is 245 Å². The number of anilines is 1. The van der Waals surface area contributed by atoms with Gasteiger partial charge >= 0.3 is 0 Å². The fraction of sp³-hybridized carbons (Fsp3) is 0.206. The normalized spacial score (nSPS) is 15.9. The Bertz CT molecular complexity index is 1660. The molecule has 6 nitrogen and oxygen atoms in total. The lowest BCUT2D eigenvalue weighted by molar-refractivity contribution is 0.248. The first-order chi connectivity index (χ1) is 20.2. The van der Waals surface area contributed by atoms with Gasteiger partial charge in [-0.05, 0) is 35.9 Å². The van der Waals surface area contributed by atoms with Crippen LogP contribution in [0, 0.1) is 0 Å². The van der Waals surface area contributed by atoms with Gasteiger partial charge < -0.3 is 4.90 Å². The maximum Gasteiger partial charge on any atom is 0.159 e. The lowest BCUT2D eigenvalue weighted by atomic mass is 9.96. The molecule has 0 spiro atoms. The van der Waals surface area contributed by atoms with Crippen LogP contribution >= 0.6 is 11.6 Å². The molecule has 1 atom stereocenters. The van der Waals surface area contributed by atoms with E-state index < -0.39 is 0 Å². The first-order valence-corrected chi connectivity index (χ1v) is 14.5. The van der Waals surface area contributed by atoms with E-state index >= 15 is 0 Å². The van der Waals surface area contributed by atoms with Crippen molar-refractivity contribution in [1.82, 2.24) is 19.7 Å². The Hall–Kier alpha value is -4.26. The van der Waals surface area contributed by atoms with Crippen molar-refractivity contribution in [2.75, 3.05) is 37.6 Å². The largest absolute Gasteiger partial charge is 0.369 e. The Morgan fingerprint density at radius 1 is 0.732 bits per heavy atom. The molecular weight excluding hydrogens is 528 g/mol. The summed E-state index contributed by atoms with van der Waals surface area (Å²) in [7, 11) is 0. The van der Waals surface area contributed by atoms with Crippen molar-refractivity contribution < 1.29 is 0 Å². The molecule has 1 aromatic heterocycles. The minimum absolute atomic E-state index is 0.0440. The summed E-state index contributed by atoms with van der Waals surface area (Å²) in [6.45, 7) is 5.29. The molecule has 0 bridgehead atoms. The standard InChI is InChI=1S/C34H31ClN6/c35-27-16-17-31-29(22-27)33(26-12-6-2-7-13-26)36-23-32-37-38-34(41(31)32)30(25-10-4-1-5-11-25)24-39-18-20-40(21-19-39)28-14-8-3-9-15-28/h1-17,22,30H,18-21,23-24H2. The minimum Gasteiger partial charge on any atom is -0.369 e. The third-order valence-electron chi connectivity index (χ3n) is 8.08. The van der Waals surface area contributed by atoms with Gasteiger partial charge in [-0.1, -0.05) is 90.5 Å². The molecule has 3 heterocycles. The quantitative estimate of drug-likeness (QED) is 0.248. The number of aliphatic imine (C=N–C) groups is 1. The number of aromatic nitrogens is 3. The summed E-state index contributed by atoms with van der Waals surface area (Å²) < 4.78 is 2.23. The van der Waals surface area contributed by atoms with Crippen molar-refractivity contribution in [3.8, 4) is 5.69 Å². The third kappa shape index (κ3) is 5.17. The molecule has 0 N–H and O–H groups in total. The second-order valence-corrected chi connectivity index (χ2v) is 11.0. The summed E-state index contributed by atoms with van der Waals surface area (Å²) in [5, 5.41) is 10.2. The van der Waals surface area contributed by atoms with Gasteiger partial charge in [0.05, 0.1) is 17.3 Å². The first-order valence-electron chi connectivity index (χ1n) is 14.2. The molecule has 0 saturated carbocycles. The molecule has 1 fully saturated rings. The van der Waals surface area contributed by atoms with E-state index in [9.17, 15) is 0 Å². The van der Waals surface area contributed by atoms with Gasteiger partial charge in [0.1, 0.15) is 12.4 Å². The number of piperazine rings is 1. The van der Waals surface area contributed by atoms with E-state index in [-0.39, 0.29) is 5.92 Å². The number of rotatable bonds is 6. The molecule has 0 aliphatic carbocycles. The van der Waals surface area contributed by atoms with Crippen molar-refractivity contribution in [3.05, 3.63) is 143 Å². The van der Waals surface area contributed by atoms with Crippen LogP contribution in [0.4, 0.5) is 5.69 Å². The Kier molecular flexibility index (Phi) is 7.09. The Morgan fingerprint density at radius 2 is 1.41 bits per heavy atom. The van der Waals surface area contributed by atoms with Crippen molar-refractivity contribution in [1.29, 1.82) is 0 Å². The van der Waals surface area contributed by atoms with Crippen LogP contribution in [0.15, 0.2) is 114 Å². The van der Waals surface area contributed by atoms with Gasteiger partial charge in [-0.3, -0.25) is 14.5 Å². The summed E-state index contributed by atoms with van der Waals surface area (Å²) in [6.07, 6.45) is 0. The van der Waals surface area contributed by atoms with E-state index in [0.717, 1.165) is 66.9 Å². The molecule has 0 radical (unpaired) electrons. The molecule has 41 heavy (non-hydrogen) atoms. The summed E-state index contributed by atoms with van der Waals surface area (Å²) in [5.74, 6) is 1.82. The average Bonchev–Trinajstić information content (AvgIpc) is 3.38. The molecule has 7 rings (SSSR count). The summed E-state index contributed by atoms with van der Waals surface area (Å²) in [5.41, 5.74) is 6.52. The Morgan fingerprint density at radius 3 is 2.15 bits per heavy atom. The van der Waals surface area contributed by atoms with Crippen LogP contribution in [0.25, 0.3) is 5.69 Å². The minimum atomic E-state index is 0.0440. The molecule has 0 amide bonds. The molecule has 1 unspecified atom stereocenters. The van der Waals surface area contributed by atoms with Crippen LogP contribution in [0.5, 0.6) is 0 Å². The predicted molar refractivity (Wildman–Crippen MR) is 166 cm³/mol. The first kappa shape index (κ1) is 25.7. The number of nitrogens with zero attached hydrogens (tertiary/aromatic N) is 6. The predicted octanol–water partition coefficient (Wildman–Crippen LogP) is 6.23. The van der Waals surface area contributed by atoms with Crippen LogP contribution in [-0.2, 0) is 6.54 Å². The van der Waals surface area contributed by atoms with Crippen molar-refractivity contribution in [3.63, 3.8) is 0 Å². The summed E-state index contributed by atoms with van der Waals surface area (Å²) in [6, 6.07) is 37.7. The number of halogens is 1. The topological polar surface area (TPSA) is 49.6 Å². The van der Waals surface area contributed by atoms with Gasteiger partial charge in [0.2, 0.25) is 0 Å². The molecule has 204 valence electrons. The van der Waals surface area contributed by atoms with E-state index in [2.05, 4.69) is 93.2 Å². The Balaban J connectivity index is 1.25. The maximum atomic E-state index is 6.56. The lowest BCUT2D eigenvalue weighted by Gasteiger charge is -2.37. The summed E-state index contributed by atoms with van der Waals surface area (Å²) in [4.78, 5) is 10.1. The van der Waals surface area contributed by atoms with Crippen LogP contribution in [-0.4, -0.2) is 58.1 Å². The maximum absolute atomic E-state index is 6.56. The number of hydrogen-bond donors (Lipinski definition) is 0. The number of hydrogen-bond acceptors (Lipinski definition) is 5. The molecule has 2 aliphatic rings. The molecule has 2 aliphatic heterocycles. The highest BCUT2D eigenvalue weighted by atomic mass is 35.5. The third-order valence-corrected chi connectivity index (χ3v) is 8.32. The molecular formula is C34H31ClN6. The molecule has 5 aromatic rings. The fourth-order valence-corrected chi connectivity index (χ4v) is 6.17. The molecule has 1 saturated heterocycles. The van der Waals surface area contributed by atoms with Gasteiger partial charge in [-0.15, -0.1) is 10.2 Å². The van der Waals surface area contributed by atoms with Crippen molar-refractivity contribution in [2.45, 2.75) is 12.5 Å². The highest BCUT2D eigenvalue weighted by Crippen LogP contribution is 2.33. The molecule has 7 heteroatoms. The monoisotopic (exact) mass is 558 g/mol. The highest BCUT2D eigenvalue weighted by Gasteiger charge is 2.30. The van der Waals surface area contributed by atoms with Gasteiger partial charge in [0.25, 0.3) is 0 Å². The van der Waals surface area contributed by atoms with Gasteiger partial charge in [0.15, 0.2) is 5.82 Å².